The molecule has 0 saturated heterocycles. The normalized spacial score (nSPS) is 11.9. The van der Waals surface area contributed by atoms with Crippen LogP contribution in [0.2, 0.25) is 5.02 Å². The molecule has 0 aliphatic heterocycles. The lowest BCUT2D eigenvalue weighted by Crippen LogP contribution is -2.26. The fourth-order valence-corrected chi connectivity index (χ4v) is 2.14. The fourth-order valence-electron chi connectivity index (χ4n) is 1.62. The molecule has 20 heavy (non-hydrogen) atoms. The zero-order chi connectivity index (χ0) is 14.4. The molecule has 0 saturated carbocycles. The van der Waals surface area contributed by atoms with E-state index in [9.17, 15) is 5.11 Å². The summed E-state index contributed by atoms with van der Waals surface area (Å²) in [5, 5.41) is 13.7. The van der Waals surface area contributed by atoms with Gasteiger partial charge in [-0.2, -0.15) is 0 Å². The molecule has 0 heterocycles. The quantitative estimate of drug-likeness (QED) is 0.823. The second-order valence-electron chi connectivity index (χ2n) is 4.31. The largest absolute Gasteiger partial charge is 0.491 e. The van der Waals surface area contributed by atoms with Crippen LogP contribution in [-0.4, -0.2) is 24.4 Å². The molecule has 0 amide bonds. The number of rotatable bonds is 6. The number of halogens is 2. The number of hydrogen-bond donors (Lipinski definition) is 2. The molecule has 1 unspecified atom stereocenters. The second kappa shape index (κ2) is 7.53. The lowest BCUT2D eigenvalue weighted by molar-refractivity contribution is 0.117. The van der Waals surface area contributed by atoms with Gasteiger partial charge in [-0.25, -0.2) is 0 Å². The summed E-state index contributed by atoms with van der Waals surface area (Å²) in [5.41, 5.74) is 0.949. The maximum atomic E-state index is 9.87. The van der Waals surface area contributed by atoms with Crippen molar-refractivity contribution in [1.82, 2.24) is 0 Å². The highest BCUT2D eigenvalue weighted by Crippen LogP contribution is 2.17. The molecule has 0 aliphatic rings. The molecular weight excluding hydrogens is 342 g/mol. The molecule has 0 fully saturated rings. The van der Waals surface area contributed by atoms with Gasteiger partial charge in [-0.15, -0.1) is 0 Å². The molecule has 5 heteroatoms. The standard InChI is InChI=1S/C15H15BrClNO2/c16-11-2-1-3-13(8-11)18-9-14(19)10-20-15-6-4-12(17)5-7-15/h1-8,14,18-19H,9-10H2. The minimum absolute atomic E-state index is 0.225. The van der Waals surface area contributed by atoms with Crippen LogP contribution in [0.25, 0.3) is 0 Å². The summed E-state index contributed by atoms with van der Waals surface area (Å²) in [6, 6.07) is 14.8. The van der Waals surface area contributed by atoms with Gasteiger partial charge in [0.15, 0.2) is 0 Å². The van der Waals surface area contributed by atoms with Crippen molar-refractivity contribution in [2.75, 3.05) is 18.5 Å². The van der Waals surface area contributed by atoms with E-state index in [0.29, 0.717) is 17.3 Å². The van der Waals surface area contributed by atoms with Crippen LogP contribution < -0.4 is 10.1 Å². The number of aliphatic hydroxyl groups is 1. The van der Waals surface area contributed by atoms with Gasteiger partial charge in [0.05, 0.1) is 0 Å². The van der Waals surface area contributed by atoms with Gasteiger partial charge in [-0.1, -0.05) is 33.6 Å². The molecule has 0 aliphatic carbocycles. The highest BCUT2D eigenvalue weighted by molar-refractivity contribution is 9.10. The predicted molar refractivity (Wildman–Crippen MR) is 85.6 cm³/mol. The summed E-state index contributed by atoms with van der Waals surface area (Å²) in [6.07, 6.45) is -0.593. The minimum Gasteiger partial charge on any atom is -0.491 e. The fraction of sp³-hybridized carbons (Fsp3) is 0.200. The number of benzene rings is 2. The third-order valence-electron chi connectivity index (χ3n) is 2.62. The van der Waals surface area contributed by atoms with Gasteiger partial charge in [0, 0.05) is 21.7 Å². The molecule has 106 valence electrons. The van der Waals surface area contributed by atoms with E-state index in [1.165, 1.54) is 0 Å². The molecule has 0 aromatic heterocycles. The van der Waals surface area contributed by atoms with Crippen LogP contribution in [0.1, 0.15) is 0 Å². The highest BCUT2D eigenvalue weighted by Gasteiger charge is 2.05. The average molecular weight is 357 g/mol. The van der Waals surface area contributed by atoms with Crippen LogP contribution in [0, 0.1) is 0 Å². The summed E-state index contributed by atoms with van der Waals surface area (Å²) in [6.45, 7) is 0.646. The molecule has 2 aromatic rings. The van der Waals surface area contributed by atoms with Crippen molar-refractivity contribution in [2.24, 2.45) is 0 Å². The van der Waals surface area contributed by atoms with E-state index in [1.807, 2.05) is 24.3 Å². The van der Waals surface area contributed by atoms with Crippen molar-refractivity contribution in [3.05, 3.63) is 58.0 Å². The average Bonchev–Trinajstić information content (AvgIpc) is 2.45. The van der Waals surface area contributed by atoms with Gasteiger partial charge in [0.1, 0.15) is 18.5 Å². The maximum Gasteiger partial charge on any atom is 0.119 e. The van der Waals surface area contributed by atoms with Gasteiger partial charge in [0.25, 0.3) is 0 Å². The minimum atomic E-state index is -0.593. The first-order chi connectivity index (χ1) is 9.63. The molecule has 2 aromatic carbocycles. The third-order valence-corrected chi connectivity index (χ3v) is 3.37. The Morgan fingerprint density at radius 2 is 1.95 bits per heavy atom. The monoisotopic (exact) mass is 355 g/mol. The van der Waals surface area contributed by atoms with E-state index in [2.05, 4.69) is 21.2 Å². The molecule has 2 N–H and O–H groups in total. The van der Waals surface area contributed by atoms with Crippen molar-refractivity contribution in [2.45, 2.75) is 6.10 Å². The van der Waals surface area contributed by atoms with Gasteiger partial charge in [0.2, 0.25) is 0 Å². The summed E-state index contributed by atoms with van der Waals surface area (Å²) in [7, 11) is 0. The number of nitrogens with one attached hydrogen (secondary N) is 1. The topological polar surface area (TPSA) is 41.5 Å². The Morgan fingerprint density at radius 1 is 1.20 bits per heavy atom. The van der Waals surface area contributed by atoms with Crippen molar-refractivity contribution >= 4 is 33.2 Å². The summed E-state index contributed by atoms with van der Waals surface area (Å²) in [5.74, 6) is 0.691. The smallest absolute Gasteiger partial charge is 0.119 e. The predicted octanol–water partition coefficient (Wildman–Crippen LogP) is 3.95. The lowest BCUT2D eigenvalue weighted by Gasteiger charge is -2.14. The van der Waals surface area contributed by atoms with E-state index in [1.54, 1.807) is 24.3 Å². The first kappa shape index (κ1) is 15.2. The van der Waals surface area contributed by atoms with Crippen LogP contribution in [0.15, 0.2) is 53.0 Å². The molecular formula is C15H15BrClNO2. The Bertz CT molecular complexity index is 548. The van der Waals surface area contributed by atoms with Crippen LogP contribution in [0.4, 0.5) is 5.69 Å². The Hall–Kier alpha value is -1.23. The van der Waals surface area contributed by atoms with Crippen molar-refractivity contribution < 1.29 is 9.84 Å². The SMILES string of the molecule is OC(CNc1cccc(Br)c1)COc1ccc(Cl)cc1. The molecule has 3 nitrogen and oxygen atoms in total. The van der Waals surface area contributed by atoms with Crippen LogP contribution in [0.5, 0.6) is 5.75 Å². The Labute approximate surface area is 131 Å². The molecule has 1 atom stereocenters. The van der Waals surface area contributed by atoms with Crippen molar-refractivity contribution in [3.8, 4) is 5.75 Å². The third kappa shape index (κ3) is 5.04. The van der Waals surface area contributed by atoms with E-state index in [0.717, 1.165) is 10.2 Å². The summed E-state index contributed by atoms with van der Waals surface area (Å²) >= 11 is 9.18. The molecule has 0 spiro atoms. The van der Waals surface area contributed by atoms with Gasteiger partial charge in [-0.05, 0) is 42.5 Å². The van der Waals surface area contributed by atoms with Gasteiger partial charge < -0.3 is 15.2 Å². The van der Waals surface area contributed by atoms with Crippen LogP contribution in [0.3, 0.4) is 0 Å². The van der Waals surface area contributed by atoms with E-state index in [4.69, 9.17) is 16.3 Å². The zero-order valence-electron chi connectivity index (χ0n) is 10.7. The van der Waals surface area contributed by atoms with Crippen molar-refractivity contribution in [3.63, 3.8) is 0 Å². The summed E-state index contributed by atoms with van der Waals surface area (Å²) in [4.78, 5) is 0. The Kier molecular flexibility index (Phi) is 5.71. The van der Waals surface area contributed by atoms with Crippen LogP contribution >= 0.6 is 27.5 Å². The van der Waals surface area contributed by atoms with E-state index < -0.39 is 6.10 Å². The first-order valence-corrected chi connectivity index (χ1v) is 7.36. The second-order valence-corrected chi connectivity index (χ2v) is 5.66. The Morgan fingerprint density at radius 3 is 2.65 bits per heavy atom. The van der Waals surface area contributed by atoms with Crippen LogP contribution in [-0.2, 0) is 0 Å². The summed E-state index contributed by atoms with van der Waals surface area (Å²) < 4.78 is 6.47. The first-order valence-electron chi connectivity index (χ1n) is 6.19. The number of hydrogen-bond acceptors (Lipinski definition) is 3. The van der Waals surface area contributed by atoms with E-state index >= 15 is 0 Å². The molecule has 0 bridgehead atoms. The highest BCUT2D eigenvalue weighted by atomic mass is 79.9. The van der Waals surface area contributed by atoms with Gasteiger partial charge in [-0.3, -0.25) is 0 Å². The molecule has 0 radical (unpaired) electrons. The van der Waals surface area contributed by atoms with Gasteiger partial charge >= 0.3 is 0 Å². The van der Waals surface area contributed by atoms with Crippen molar-refractivity contribution in [1.29, 1.82) is 0 Å². The number of ether oxygens (including phenoxy) is 1. The zero-order valence-corrected chi connectivity index (χ0v) is 13.1. The lowest BCUT2D eigenvalue weighted by atomic mass is 10.3. The number of anilines is 1. The maximum absolute atomic E-state index is 9.87. The Balaban J connectivity index is 1.75. The molecule has 2 rings (SSSR count). The van der Waals surface area contributed by atoms with E-state index in [-0.39, 0.29) is 6.61 Å². The number of aliphatic hydroxyl groups excluding tert-OH is 1.